The number of nitrogens with one attached hydrogen (secondary N) is 1. The molecular formula is C21H26N2O6S. The fraction of sp³-hybridized carbons (Fsp3) is 0.429. The quantitative estimate of drug-likeness (QED) is 0.711. The van der Waals surface area contributed by atoms with Crippen molar-refractivity contribution in [3.05, 3.63) is 48.0 Å². The van der Waals surface area contributed by atoms with Gasteiger partial charge in [0.2, 0.25) is 10.0 Å². The second kappa shape index (κ2) is 9.22. The van der Waals surface area contributed by atoms with E-state index in [2.05, 4.69) is 9.62 Å². The minimum absolute atomic E-state index is 0.119. The summed E-state index contributed by atoms with van der Waals surface area (Å²) < 4.78 is 50.4. The van der Waals surface area contributed by atoms with Gasteiger partial charge in [0.15, 0.2) is 11.5 Å². The Morgan fingerprint density at radius 1 is 1.00 bits per heavy atom. The second-order valence-electron chi connectivity index (χ2n) is 7.09. The number of fused-ring (bicyclic) bond motifs is 1. The van der Waals surface area contributed by atoms with Crippen molar-refractivity contribution in [3.63, 3.8) is 0 Å². The number of nitrogens with zero attached hydrogens (tertiary/aromatic N) is 1. The molecule has 162 valence electrons. The van der Waals surface area contributed by atoms with Gasteiger partial charge in [0.1, 0.15) is 19.0 Å². The lowest BCUT2D eigenvalue weighted by Crippen LogP contribution is -2.43. The zero-order chi connectivity index (χ0) is 21.0. The molecule has 0 bridgehead atoms. The summed E-state index contributed by atoms with van der Waals surface area (Å²) in [7, 11) is -2.10. The summed E-state index contributed by atoms with van der Waals surface area (Å²) in [4.78, 5) is 2.39. The van der Waals surface area contributed by atoms with Gasteiger partial charge in [-0.25, -0.2) is 13.1 Å². The van der Waals surface area contributed by atoms with Crippen LogP contribution in [0.5, 0.6) is 17.2 Å². The first-order valence-corrected chi connectivity index (χ1v) is 11.4. The van der Waals surface area contributed by atoms with Crippen LogP contribution in [-0.2, 0) is 14.8 Å². The van der Waals surface area contributed by atoms with Gasteiger partial charge in [-0.3, -0.25) is 4.90 Å². The van der Waals surface area contributed by atoms with E-state index in [1.54, 1.807) is 13.2 Å². The van der Waals surface area contributed by atoms with Gasteiger partial charge >= 0.3 is 0 Å². The van der Waals surface area contributed by atoms with Crippen molar-refractivity contribution >= 4 is 10.0 Å². The first-order valence-electron chi connectivity index (χ1n) is 9.92. The zero-order valence-electron chi connectivity index (χ0n) is 16.9. The molecule has 30 heavy (non-hydrogen) atoms. The van der Waals surface area contributed by atoms with E-state index < -0.39 is 10.0 Å². The summed E-state index contributed by atoms with van der Waals surface area (Å²) in [5.74, 6) is 1.77. The standard InChI is InChI=1S/C21H26N2O6S/c1-26-17-4-2-16(3-5-17)19(23-8-10-27-11-9-23)15-22-30(24,25)18-6-7-20-21(14-18)29-13-12-28-20/h2-7,14,19,22H,8-13,15H2,1H3/t19-/m0/s1. The number of morpholine rings is 1. The van der Waals surface area contributed by atoms with Gasteiger partial charge in [0, 0.05) is 31.7 Å². The van der Waals surface area contributed by atoms with E-state index in [9.17, 15) is 8.42 Å². The Morgan fingerprint density at radius 2 is 1.70 bits per heavy atom. The third-order valence-corrected chi connectivity index (χ3v) is 6.70. The summed E-state index contributed by atoms with van der Waals surface area (Å²) >= 11 is 0. The summed E-state index contributed by atoms with van der Waals surface area (Å²) in [6, 6.07) is 12.3. The largest absolute Gasteiger partial charge is 0.497 e. The highest BCUT2D eigenvalue weighted by molar-refractivity contribution is 7.89. The molecule has 2 aromatic rings. The van der Waals surface area contributed by atoms with Crippen LogP contribution in [-0.4, -0.2) is 66.5 Å². The normalized spacial score (nSPS) is 18.0. The van der Waals surface area contributed by atoms with Crippen LogP contribution < -0.4 is 18.9 Å². The Labute approximate surface area is 176 Å². The molecule has 0 amide bonds. The first-order chi connectivity index (χ1) is 14.6. The number of hydrogen-bond acceptors (Lipinski definition) is 7. The van der Waals surface area contributed by atoms with Crippen molar-refractivity contribution in [1.82, 2.24) is 9.62 Å². The van der Waals surface area contributed by atoms with Crippen molar-refractivity contribution in [1.29, 1.82) is 0 Å². The van der Waals surface area contributed by atoms with Gasteiger partial charge in [-0.15, -0.1) is 0 Å². The lowest BCUT2D eigenvalue weighted by atomic mass is 10.0. The van der Waals surface area contributed by atoms with E-state index in [0.717, 1.165) is 24.4 Å². The predicted octanol–water partition coefficient (Wildman–Crippen LogP) is 1.82. The van der Waals surface area contributed by atoms with Gasteiger partial charge in [0.05, 0.1) is 25.2 Å². The Kier molecular flexibility index (Phi) is 6.43. The maximum atomic E-state index is 13.0. The summed E-state index contributed by atoms with van der Waals surface area (Å²) in [6.45, 7) is 3.83. The fourth-order valence-electron chi connectivity index (χ4n) is 3.64. The van der Waals surface area contributed by atoms with Crippen molar-refractivity contribution in [2.45, 2.75) is 10.9 Å². The highest BCUT2D eigenvalue weighted by Crippen LogP contribution is 2.32. The molecule has 1 N–H and O–H groups in total. The highest BCUT2D eigenvalue weighted by Gasteiger charge is 2.26. The molecule has 1 saturated heterocycles. The van der Waals surface area contributed by atoms with Crippen molar-refractivity contribution < 1.29 is 27.4 Å². The molecule has 2 aromatic carbocycles. The number of methoxy groups -OCH3 is 1. The van der Waals surface area contributed by atoms with Gasteiger partial charge in [-0.05, 0) is 29.8 Å². The molecule has 1 atom stereocenters. The number of ether oxygens (including phenoxy) is 4. The van der Waals surface area contributed by atoms with Gasteiger partial charge in [-0.1, -0.05) is 12.1 Å². The second-order valence-corrected chi connectivity index (χ2v) is 8.86. The summed E-state index contributed by atoms with van der Waals surface area (Å²) in [5.41, 5.74) is 1.02. The molecule has 2 aliphatic heterocycles. The van der Waals surface area contributed by atoms with Crippen molar-refractivity contribution in [2.24, 2.45) is 0 Å². The van der Waals surface area contributed by atoms with Crippen LogP contribution in [0.4, 0.5) is 0 Å². The lowest BCUT2D eigenvalue weighted by Gasteiger charge is -2.35. The van der Waals surface area contributed by atoms with E-state index in [1.165, 1.54) is 12.1 Å². The van der Waals surface area contributed by atoms with E-state index in [4.69, 9.17) is 18.9 Å². The molecule has 0 radical (unpaired) electrons. The molecule has 0 spiro atoms. The molecule has 2 heterocycles. The van der Waals surface area contributed by atoms with E-state index >= 15 is 0 Å². The van der Waals surface area contributed by atoms with Crippen LogP contribution in [0, 0.1) is 0 Å². The van der Waals surface area contributed by atoms with Crippen molar-refractivity contribution in [2.75, 3.05) is 53.2 Å². The maximum Gasteiger partial charge on any atom is 0.240 e. The lowest BCUT2D eigenvalue weighted by molar-refractivity contribution is 0.0172. The monoisotopic (exact) mass is 434 g/mol. The third kappa shape index (κ3) is 4.70. The number of rotatable bonds is 7. The SMILES string of the molecule is COc1ccc([C@H](CNS(=O)(=O)c2ccc3c(c2)OCCO3)N2CCOCC2)cc1. The molecule has 4 rings (SSSR count). The minimum atomic E-state index is -3.72. The maximum absolute atomic E-state index is 13.0. The molecule has 0 unspecified atom stereocenters. The van der Waals surface area contributed by atoms with Crippen LogP contribution in [0.25, 0.3) is 0 Å². The smallest absolute Gasteiger partial charge is 0.240 e. The molecule has 9 heteroatoms. The van der Waals surface area contributed by atoms with Crippen molar-refractivity contribution in [3.8, 4) is 17.2 Å². The first kappa shape index (κ1) is 20.9. The third-order valence-electron chi connectivity index (χ3n) is 5.28. The van der Waals surface area contributed by atoms with E-state index in [0.29, 0.717) is 37.9 Å². The van der Waals surface area contributed by atoms with Gasteiger partial charge in [0.25, 0.3) is 0 Å². The minimum Gasteiger partial charge on any atom is -0.497 e. The average Bonchev–Trinajstić information content (AvgIpc) is 2.80. The summed E-state index contributed by atoms with van der Waals surface area (Å²) in [6.07, 6.45) is 0. The molecule has 0 aliphatic carbocycles. The molecule has 2 aliphatic rings. The van der Waals surface area contributed by atoms with Crippen LogP contribution in [0.3, 0.4) is 0 Å². The molecular weight excluding hydrogens is 408 g/mol. The van der Waals surface area contributed by atoms with Crippen LogP contribution in [0.2, 0.25) is 0 Å². The number of benzene rings is 2. The van der Waals surface area contributed by atoms with Gasteiger partial charge < -0.3 is 18.9 Å². The number of sulfonamides is 1. The topological polar surface area (TPSA) is 86.3 Å². The zero-order valence-corrected chi connectivity index (χ0v) is 17.7. The molecule has 1 fully saturated rings. The number of hydrogen-bond donors (Lipinski definition) is 1. The van der Waals surface area contributed by atoms with E-state index in [-0.39, 0.29) is 17.5 Å². The Bertz CT molecular complexity index is 958. The predicted molar refractivity (Wildman–Crippen MR) is 111 cm³/mol. The molecule has 0 saturated carbocycles. The van der Waals surface area contributed by atoms with Crippen LogP contribution in [0.1, 0.15) is 11.6 Å². The Balaban J connectivity index is 1.53. The summed E-state index contributed by atoms with van der Waals surface area (Å²) in [5, 5.41) is 0. The Hall–Kier alpha value is -2.33. The highest BCUT2D eigenvalue weighted by atomic mass is 32.2. The average molecular weight is 435 g/mol. The molecule has 0 aromatic heterocycles. The molecule has 8 nitrogen and oxygen atoms in total. The van der Waals surface area contributed by atoms with E-state index in [1.807, 2.05) is 24.3 Å². The fourth-order valence-corrected chi connectivity index (χ4v) is 4.69. The Morgan fingerprint density at radius 3 is 2.40 bits per heavy atom. The van der Waals surface area contributed by atoms with Crippen LogP contribution in [0.15, 0.2) is 47.4 Å². The van der Waals surface area contributed by atoms with Gasteiger partial charge in [-0.2, -0.15) is 0 Å². The van der Waals surface area contributed by atoms with Crippen LogP contribution >= 0.6 is 0 Å².